The maximum Gasteiger partial charge on any atom is 0.433 e. The zero-order valence-electron chi connectivity index (χ0n) is 13.4. The molecule has 0 bridgehead atoms. The van der Waals surface area contributed by atoms with Crippen molar-refractivity contribution in [3.63, 3.8) is 0 Å². The molecule has 4 rings (SSSR count). The van der Waals surface area contributed by atoms with E-state index in [0.29, 0.717) is 29.3 Å². The van der Waals surface area contributed by atoms with Gasteiger partial charge < -0.3 is 4.90 Å². The number of hydrogen-bond acceptors (Lipinski definition) is 5. The van der Waals surface area contributed by atoms with Crippen LogP contribution in [0, 0.1) is 0 Å². The molecule has 0 spiro atoms. The minimum atomic E-state index is -4.60. The van der Waals surface area contributed by atoms with E-state index in [1.54, 1.807) is 42.1 Å². The third-order valence-corrected chi connectivity index (χ3v) is 5.04. The summed E-state index contributed by atoms with van der Waals surface area (Å²) < 4.78 is 40.6. The van der Waals surface area contributed by atoms with Crippen LogP contribution >= 0.6 is 11.8 Å². The Morgan fingerprint density at radius 3 is 2.46 bits per heavy atom. The third kappa shape index (κ3) is 2.92. The fourth-order valence-corrected chi connectivity index (χ4v) is 3.82. The summed E-state index contributed by atoms with van der Waals surface area (Å²) in [6.07, 6.45) is -4.60. The highest BCUT2D eigenvalue weighted by Gasteiger charge is 2.33. The van der Waals surface area contributed by atoms with E-state index in [2.05, 4.69) is 9.97 Å². The molecule has 3 aromatic rings. The Labute approximate surface area is 150 Å². The maximum absolute atomic E-state index is 13.2. The van der Waals surface area contributed by atoms with Crippen LogP contribution in [0.15, 0.2) is 47.3 Å². The molecule has 0 radical (unpaired) electrons. The van der Waals surface area contributed by atoms with Gasteiger partial charge in [-0.15, -0.1) is 11.8 Å². The van der Waals surface area contributed by atoms with Crippen molar-refractivity contribution in [3.8, 4) is 5.69 Å². The Balaban J connectivity index is 2.05. The van der Waals surface area contributed by atoms with Crippen LogP contribution in [0.3, 0.4) is 0 Å². The van der Waals surface area contributed by atoms with E-state index < -0.39 is 17.6 Å². The number of nitrogens with zero attached hydrogens (tertiary/aromatic N) is 4. The summed E-state index contributed by atoms with van der Waals surface area (Å²) in [5, 5.41) is 0.420. The van der Waals surface area contributed by atoms with Gasteiger partial charge in [0.05, 0.1) is 17.0 Å². The molecule has 0 amide bonds. The summed E-state index contributed by atoms with van der Waals surface area (Å²) >= 11 is 1.68. The number of rotatable bonds is 2. The van der Waals surface area contributed by atoms with E-state index in [0.717, 1.165) is 16.4 Å². The van der Waals surface area contributed by atoms with Crippen LogP contribution in [0.1, 0.15) is 5.69 Å². The van der Waals surface area contributed by atoms with Crippen LogP contribution in [-0.4, -0.2) is 32.7 Å². The van der Waals surface area contributed by atoms with E-state index in [4.69, 9.17) is 0 Å². The van der Waals surface area contributed by atoms with Gasteiger partial charge in [-0.1, -0.05) is 18.2 Å². The molecule has 1 aliphatic heterocycles. The smallest absolute Gasteiger partial charge is 0.346 e. The van der Waals surface area contributed by atoms with Gasteiger partial charge in [-0.3, -0.25) is 0 Å². The fourth-order valence-electron chi connectivity index (χ4n) is 2.87. The number of alkyl halides is 3. The summed E-state index contributed by atoms with van der Waals surface area (Å²) in [5.41, 5.74) is -1.31. The van der Waals surface area contributed by atoms with Crippen LogP contribution in [0.2, 0.25) is 0 Å². The standard InChI is InChI=1S/C17H13F3N4OS/c18-17(19,20)13-7-6-12-14(23-8-9-26-10-23)22-16(25)24(15(12)21-13)11-4-2-1-3-5-11/h1-7H,8-10H2. The van der Waals surface area contributed by atoms with Crippen molar-refractivity contribution < 1.29 is 13.2 Å². The molecule has 0 atom stereocenters. The third-order valence-electron chi connectivity index (χ3n) is 4.08. The summed E-state index contributed by atoms with van der Waals surface area (Å²) in [6.45, 7) is 0.683. The van der Waals surface area contributed by atoms with E-state index in [-0.39, 0.29) is 5.65 Å². The van der Waals surface area contributed by atoms with Crippen molar-refractivity contribution >= 4 is 28.6 Å². The second-order valence-electron chi connectivity index (χ2n) is 5.76. The minimum Gasteiger partial charge on any atom is -0.346 e. The highest BCUT2D eigenvalue weighted by Crippen LogP contribution is 2.32. The molecule has 134 valence electrons. The molecule has 0 N–H and O–H groups in total. The van der Waals surface area contributed by atoms with E-state index in [1.807, 2.05) is 4.90 Å². The number of pyridine rings is 1. The second kappa shape index (κ2) is 6.31. The number of halogens is 3. The Morgan fingerprint density at radius 2 is 1.81 bits per heavy atom. The maximum atomic E-state index is 13.2. The first-order valence-electron chi connectivity index (χ1n) is 7.84. The average Bonchev–Trinajstić information content (AvgIpc) is 3.15. The fraction of sp³-hybridized carbons (Fsp3) is 0.235. The van der Waals surface area contributed by atoms with Crippen molar-refractivity contribution in [1.29, 1.82) is 0 Å². The van der Waals surface area contributed by atoms with Crippen molar-refractivity contribution in [1.82, 2.24) is 14.5 Å². The van der Waals surface area contributed by atoms with Gasteiger partial charge in [0.1, 0.15) is 11.5 Å². The molecule has 1 fully saturated rings. The number of hydrogen-bond donors (Lipinski definition) is 0. The molecule has 0 saturated carbocycles. The predicted octanol–water partition coefficient (Wildman–Crippen LogP) is 3.31. The van der Waals surface area contributed by atoms with Gasteiger partial charge in [0.15, 0.2) is 5.65 Å². The Bertz CT molecular complexity index is 1010. The number of para-hydroxylation sites is 1. The monoisotopic (exact) mass is 378 g/mol. The van der Waals surface area contributed by atoms with Crippen LogP contribution in [-0.2, 0) is 6.18 Å². The highest BCUT2D eigenvalue weighted by atomic mass is 32.2. The van der Waals surface area contributed by atoms with Crippen molar-refractivity contribution in [2.24, 2.45) is 0 Å². The normalized spacial score (nSPS) is 15.0. The molecule has 0 aliphatic carbocycles. The molecular weight excluding hydrogens is 365 g/mol. The van der Waals surface area contributed by atoms with Crippen LogP contribution in [0.5, 0.6) is 0 Å². The average molecular weight is 378 g/mol. The van der Waals surface area contributed by atoms with Gasteiger partial charge >= 0.3 is 11.9 Å². The Hall–Kier alpha value is -2.55. The van der Waals surface area contributed by atoms with Gasteiger partial charge in [0.25, 0.3) is 0 Å². The minimum absolute atomic E-state index is 0.0436. The molecular formula is C17H13F3N4OS. The van der Waals surface area contributed by atoms with Crippen molar-refractivity contribution in [2.45, 2.75) is 6.18 Å². The molecule has 1 aliphatic rings. The summed E-state index contributed by atoms with van der Waals surface area (Å²) in [4.78, 5) is 22.5. The van der Waals surface area contributed by atoms with Crippen molar-refractivity contribution in [2.75, 3.05) is 23.1 Å². The first-order valence-corrected chi connectivity index (χ1v) is 9.00. The van der Waals surface area contributed by atoms with Crippen LogP contribution < -0.4 is 10.6 Å². The lowest BCUT2D eigenvalue weighted by molar-refractivity contribution is -0.141. The molecule has 9 heteroatoms. The number of anilines is 1. The zero-order valence-corrected chi connectivity index (χ0v) is 14.2. The van der Waals surface area contributed by atoms with Gasteiger partial charge in [-0.2, -0.15) is 18.2 Å². The molecule has 1 saturated heterocycles. The van der Waals surface area contributed by atoms with E-state index in [9.17, 15) is 18.0 Å². The first-order chi connectivity index (χ1) is 12.4. The van der Waals surface area contributed by atoms with Crippen LogP contribution in [0.25, 0.3) is 16.7 Å². The number of benzene rings is 1. The van der Waals surface area contributed by atoms with Gasteiger partial charge in [-0.05, 0) is 24.3 Å². The number of aromatic nitrogens is 3. The summed E-state index contributed by atoms with van der Waals surface area (Å²) in [7, 11) is 0. The number of thioether (sulfide) groups is 1. The molecule has 2 aromatic heterocycles. The number of fused-ring (bicyclic) bond motifs is 1. The molecule has 3 heterocycles. The topological polar surface area (TPSA) is 51.0 Å². The quantitative estimate of drug-likeness (QED) is 0.685. The Morgan fingerprint density at radius 1 is 1.04 bits per heavy atom. The van der Waals surface area contributed by atoms with E-state index >= 15 is 0 Å². The largest absolute Gasteiger partial charge is 0.433 e. The van der Waals surface area contributed by atoms with Gasteiger partial charge in [-0.25, -0.2) is 14.3 Å². The predicted molar refractivity (Wildman–Crippen MR) is 94.8 cm³/mol. The molecule has 0 unspecified atom stereocenters. The summed E-state index contributed by atoms with van der Waals surface area (Å²) in [6, 6.07) is 10.7. The zero-order chi connectivity index (χ0) is 18.3. The lowest BCUT2D eigenvalue weighted by atomic mass is 10.2. The first kappa shape index (κ1) is 16.9. The lowest BCUT2D eigenvalue weighted by Gasteiger charge is -2.19. The molecule has 26 heavy (non-hydrogen) atoms. The van der Waals surface area contributed by atoms with Gasteiger partial charge in [0, 0.05) is 12.3 Å². The van der Waals surface area contributed by atoms with Crippen molar-refractivity contribution in [3.05, 3.63) is 58.6 Å². The summed E-state index contributed by atoms with van der Waals surface area (Å²) in [5.74, 6) is 1.89. The highest BCUT2D eigenvalue weighted by molar-refractivity contribution is 7.99. The van der Waals surface area contributed by atoms with E-state index in [1.165, 1.54) is 6.07 Å². The SMILES string of the molecule is O=c1nc(N2CCSC2)c2ccc(C(F)(F)F)nc2n1-c1ccccc1. The molecule has 5 nitrogen and oxygen atoms in total. The lowest BCUT2D eigenvalue weighted by Crippen LogP contribution is -2.29. The molecule has 1 aromatic carbocycles. The van der Waals surface area contributed by atoms with Crippen LogP contribution in [0.4, 0.5) is 19.0 Å². The van der Waals surface area contributed by atoms with Gasteiger partial charge in [0.2, 0.25) is 0 Å². The Kier molecular flexibility index (Phi) is 4.10. The second-order valence-corrected chi connectivity index (χ2v) is 6.83.